The Morgan fingerprint density at radius 2 is 1.48 bits per heavy atom. The lowest BCUT2D eigenvalue weighted by Crippen LogP contribution is -2.26. The number of carbonyl (C=O) groups is 3. The van der Waals surface area contributed by atoms with Gasteiger partial charge in [0.05, 0.1) is 12.7 Å². The highest BCUT2D eigenvalue weighted by atomic mass is 16.5. The fourth-order valence-electron chi connectivity index (χ4n) is 2.91. The molecule has 0 unspecified atom stereocenters. The second kappa shape index (κ2) is 10.1. The summed E-state index contributed by atoms with van der Waals surface area (Å²) in [4.78, 5) is 37.1. The summed E-state index contributed by atoms with van der Waals surface area (Å²) >= 11 is 0. The number of nitrogens with one attached hydrogen (secondary N) is 2. The molecule has 31 heavy (non-hydrogen) atoms. The molecule has 0 spiro atoms. The van der Waals surface area contributed by atoms with Gasteiger partial charge < -0.3 is 20.1 Å². The third-order valence-electron chi connectivity index (χ3n) is 4.32. The molecule has 0 aliphatic heterocycles. The van der Waals surface area contributed by atoms with E-state index in [0.29, 0.717) is 22.7 Å². The Labute approximate surface area is 180 Å². The van der Waals surface area contributed by atoms with Crippen LogP contribution in [0.15, 0.2) is 78.9 Å². The van der Waals surface area contributed by atoms with E-state index >= 15 is 0 Å². The molecule has 0 aliphatic rings. The third kappa shape index (κ3) is 5.93. The SMILES string of the molecule is COc1cccc(NC(=O)[C@@H](OC(=O)c2cccc(NC(C)=O)c2)c2ccccc2)c1. The second-order valence-electron chi connectivity index (χ2n) is 6.68. The molecule has 0 bridgehead atoms. The number of hydrogen-bond acceptors (Lipinski definition) is 5. The van der Waals surface area contributed by atoms with Crippen LogP contribution in [0.1, 0.15) is 28.9 Å². The first kappa shape index (κ1) is 21.6. The number of esters is 1. The number of hydrogen-bond donors (Lipinski definition) is 2. The molecular formula is C24H22N2O5. The van der Waals surface area contributed by atoms with Crippen molar-refractivity contribution in [3.8, 4) is 5.75 Å². The smallest absolute Gasteiger partial charge is 0.339 e. The standard InChI is InChI=1S/C24H22N2O5/c1-16(27)25-19-11-6-10-18(14-19)24(29)31-22(17-8-4-3-5-9-17)23(28)26-20-12-7-13-21(15-20)30-2/h3-15,22H,1-2H3,(H,25,27)(H,26,28)/t22-/m0/s1. The molecule has 3 aromatic rings. The van der Waals surface area contributed by atoms with E-state index in [-0.39, 0.29) is 11.5 Å². The first-order chi connectivity index (χ1) is 15.0. The second-order valence-corrected chi connectivity index (χ2v) is 6.68. The number of rotatable bonds is 7. The van der Waals surface area contributed by atoms with Crippen LogP contribution in [0.25, 0.3) is 0 Å². The quantitative estimate of drug-likeness (QED) is 0.561. The van der Waals surface area contributed by atoms with Gasteiger partial charge in [-0.2, -0.15) is 0 Å². The van der Waals surface area contributed by atoms with Crippen LogP contribution in [0.3, 0.4) is 0 Å². The minimum atomic E-state index is -1.18. The lowest BCUT2D eigenvalue weighted by Gasteiger charge is -2.18. The number of methoxy groups -OCH3 is 1. The van der Waals surface area contributed by atoms with E-state index in [1.165, 1.54) is 20.1 Å². The molecule has 7 heteroatoms. The summed E-state index contributed by atoms with van der Waals surface area (Å²) in [7, 11) is 1.53. The van der Waals surface area contributed by atoms with E-state index in [4.69, 9.17) is 9.47 Å². The Balaban J connectivity index is 1.83. The molecule has 0 aromatic heterocycles. The molecule has 1 atom stereocenters. The number of benzene rings is 3. The van der Waals surface area contributed by atoms with E-state index in [1.54, 1.807) is 72.8 Å². The molecule has 0 fully saturated rings. The monoisotopic (exact) mass is 418 g/mol. The van der Waals surface area contributed by atoms with Crippen LogP contribution < -0.4 is 15.4 Å². The maximum atomic E-state index is 13.0. The van der Waals surface area contributed by atoms with E-state index in [9.17, 15) is 14.4 Å². The van der Waals surface area contributed by atoms with Gasteiger partial charge in [0.25, 0.3) is 5.91 Å². The van der Waals surface area contributed by atoms with E-state index in [0.717, 1.165) is 0 Å². The highest BCUT2D eigenvalue weighted by molar-refractivity contribution is 5.99. The van der Waals surface area contributed by atoms with Crippen LogP contribution in [0.5, 0.6) is 5.75 Å². The van der Waals surface area contributed by atoms with Crippen molar-refractivity contribution in [2.45, 2.75) is 13.0 Å². The Kier molecular flexibility index (Phi) is 7.01. The summed E-state index contributed by atoms with van der Waals surface area (Å²) in [5, 5.41) is 5.37. The highest BCUT2D eigenvalue weighted by Gasteiger charge is 2.26. The Hall–Kier alpha value is -4.13. The molecule has 3 aromatic carbocycles. The summed E-state index contributed by atoms with van der Waals surface area (Å²) in [5.74, 6) is -0.876. The number of carbonyl (C=O) groups excluding carboxylic acids is 3. The van der Waals surface area contributed by atoms with Gasteiger partial charge in [-0.15, -0.1) is 0 Å². The largest absolute Gasteiger partial charge is 0.497 e. The molecule has 0 radical (unpaired) electrons. The van der Waals surface area contributed by atoms with E-state index in [2.05, 4.69) is 10.6 Å². The minimum Gasteiger partial charge on any atom is -0.497 e. The fraction of sp³-hybridized carbons (Fsp3) is 0.125. The van der Waals surface area contributed by atoms with Gasteiger partial charge in [0.15, 0.2) is 0 Å². The van der Waals surface area contributed by atoms with Crippen LogP contribution in [-0.2, 0) is 14.3 Å². The highest BCUT2D eigenvalue weighted by Crippen LogP contribution is 2.24. The van der Waals surface area contributed by atoms with Gasteiger partial charge in [-0.1, -0.05) is 42.5 Å². The van der Waals surface area contributed by atoms with Crippen LogP contribution in [-0.4, -0.2) is 24.9 Å². The van der Waals surface area contributed by atoms with Crippen molar-refractivity contribution in [2.24, 2.45) is 0 Å². The van der Waals surface area contributed by atoms with Crippen LogP contribution in [0.4, 0.5) is 11.4 Å². The molecule has 0 aliphatic carbocycles. The first-order valence-corrected chi connectivity index (χ1v) is 9.55. The van der Waals surface area contributed by atoms with Crippen molar-refractivity contribution in [3.63, 3.8) is 0 Å². The predicted molar refractivity (Wildman–Crippen MR) is 117 cm³/mol. The van der Waals surface area contributed by atoms with Gasteiger partial charge in [-0.3, -0.25) is 9.59 Å². The lowest BCUT2D eigenvalue weighted by atomic mass is 10.1. The lowest BCUT2D eigenvalue weighted by molar-refractivity contribution is -0.125. The average molecular weight is 418 g/mol. The molecule has 3 rings (SSSR count). The Morgan fingerprint density at radius 1 is 0.806 bits per heavy atom. The zero-order valence-corrected chi connectivity index (χ0v) is 17.1. The van der Waals surface area contributed by atoms with E-state index < -0.39 is 18.0 Å². The zero-order valence-electron chi connectivity index (χ0n) is 17.1. The van der Waals surface area contributed by atoms with Gasteiger partial charge in [0, 0.05) is 29.9 Å². The first-order valence-electron chi connectivity index (χ1n) is 9.55. The van der Waals surface area contributed by atoms with Gasteiger partial charge in [-0.25, -0.2) is 4.79 Å². The molecular weight excluding hydrogens is 396 g/mol. The minimum absolute atomic E-state index is 0.210. The van der Waals surface area contributed by atoms with Crippen molar-refractivity contribution in [2.75, 3.05) is 17.7 Å². The molecule has 158 valence electrons. The number of anilines is 2. The summed E-state index contributed by atoms with van der Waals surface area (Å²) in [6.07, 6.45) is -1.18. The van der Waals surface area contributed by atoms with Gasteiger partial charge in [0.2, 0.25) is 12.0 Å². The van der Waals surface area contributed by atoms with Crippen molar-refractivity contribution < 1.29 is 23.9 Å². The maximum Gasteiger partial charge on any atom is 0.339 e. The van der Waals surface area contributed by atoms with Crippen LogP contribution in [0.2, 0.25) is 0 Å². The summed E-state index contributed by atoms with van der Waals surface area (Å²) < 4.78 is 10.8. The summed E-state index contributed by atoms with van der Waals surface area (Å²) in [6, 6.07) is 21.9. The van der Waals surface area contributed by atoms with Gasteiger partial charge in [-0.05, 0) is 30.3 Å². The van der Waals surface area contributed by atoms with Gasteiger partial charge >= 0.3 is 5.97 Å². The van der Waals surface area contributed by atoms with Crippen molar-refractivity contribution in [3.05, 3.63) is 90.0 Å². The molecule has 0 saturated carbocycles. The van der Waals surface area contributed by atoms with Crippen LogP contribution in [0, 0.1) is 0 Å². The fourth-order valence-corrected chi connectivity index (χ4v) is 2.91. The van der Waals surface area contributed by atoms with Crippen molar-refractivity contribution in [1.82, 2.24) is 0 Å². The van der Waals surface area contributed by atoms with E-state index in [1.807, 2.05) is 0 Å². The predicted octanol–water partition coefficient (Wildman–Crippen LogP) is 4.19. The third-order valence-corrected chi connectivity index (χ3v) is 4.32. The molecule has 0 heterocycles. The topological polar surface area (TPSA) is 93.7 Å². The van der Waals surface area contributed by atoms with Crippen molar-refractivity contribution in [1.29, 1.82) is 0 Å². The summed E-state index contributed by atoms with van der Waals surface area (Å²) in [6.45, 7) is 1.37. The zero-order chi connectivity index (χ0) is 22.2. The number of amides is 2. The van der Waals surface area contributed by atoms with Crippen LogP contribution >= 0.6 is 0 Å². The van der Waals surface area contributed by atoms with Crippen molar-refractivity contribution >= 4 is 29.2 Å². The summed E-state index contributed by atoms with van der Waals surface area (Å²) in [5.41, 5.74) is 1.70. The molecule has 2 amide bonds. The Bertz CT molecular complexity index is 1080. The van der Waals surface area contributed by atoms with Gasteiger partial charge in [0.1, 0.15) is 5.75 Å². The maximum absolute atomic E-state index is 13.0. The number of ether oxygens (including phenoxy) is 2. The molecule has 2 N–H and O–H groups in total. The molecule has 0 saturated heterocycles. The normalized spacial score (nSPS) is 11.2. The molecule has 7 nitrogen and oxygen atoms in total. The average Bonchev–Trinajstić information content (AvgIpc) is 2.77. The Morgan fingerprint density at radius 3 is 2.16 bits per heavy atom.